The molecule has 0 aliphatic heterocycles. The van der Waals surface area contributed by atoms with Crippen molar-refractivity contribution in [2.24, 2.45) is 5.92 Å². The highest BCUT2D eigenvalue weighted by Gasteiger charge is 2.25. The number of ether oxygens (including phenoxy) is 2. The number of benzene rings is 7. The fraction of sp³-hybridized carbons (Fsp3) is 0.179. The van der Waals surface area contributed by atoms with Crippen molar-refractivity contribution in [3.05, 3.63) is 167 Å². The van der Waals surface area contributed by atoms with Crippen LogP contribution < -0.4 is 15.3 Å². The molecule has 3 atom stereocenters. The first-order valence-corrected chi connectivity index (χ1v) is 21.7. The maximum Gasteiger partial charge on any atom is 0.262 e. The van der Waals surface area contributed by atoms with Crippen LogP contribution in [0.15, 0.2) is 146 Å². The Labute approximate surface area is 361 Å². The van der Waals surface area contributed by atoms with Crippen molar-refractivity contribution in [1.82, 2.24) is 9.13 Å². The number of aromatic hydroxyl groups is 3. The zero-order chi connectivity index (χ0) is 42.6. The van der Waals surface area contributed by atoms with E-state index < -0.39 is 0 Å². The summed E-state index contributed by atoms with van der Waals surface area (Å²) in [6, 6.07) is 49.4. The molecule has 1 aliphatic carbocycles. The fourth-order valence-electron chi connectivity index (χ4n) is 9.66. The molecular weight excluding hydrogens is 765 g/mol. The third-order valence-electron chi connectivity index (χ3n) is 12.4. The number of phenols is 2. The van der Waals surface area contributed by atoms with E-state index in [9.17, 15) is 10.2 Å². The van der Waals surface area contributed by atoms with E-state index >= 15 is 0 Å². The van der Waals surface area contributed by atoms with Gasteiger partial charge in [-0.25, -0.2) is 0 Å². The first-order chi connectivity index (χ1) is 30.1. The molecular formula is C56H51N2O4+. The molecule has 0 amide bonds. The van der Waals surface area contributed by atoms with Crippen molar-refractivity contribution in [2.75, 3.05) is 0 Å². The number of phenolic OH excluding ortho intramolecular Hbond substituents is 2. The van der Waals surface area contributed by atoms with Gasteiger partial charge in [0, 0.05) is 51.1 Å². The van der Waals surface area contributed by atoms with Gasteiger partial charge in [0.25, 0.3) is 5.75 Å². The largest absolute Gasteiger partial charge is 0.580 e. The molecule has 2 unspecified atom stereocenters. The van der Waals surface area contributed by atoms with Gasteiger partial charge in [-0.1, -0.05) is 104 Å². The van der Waals surface area contributed by atoms with Gasteiger partial charge in [0.15, 0.2) is 6.10 Å². The lowest BCUT2D eigenvalue weighted by Crippen LogP contribution is -2.32. The van der Waals surface area contributed by atoms with E-state index in [0.29, 0.717) is 23.7 Å². The average molecular weight is 816 g/mol. The summed E-state index contributed by atoms with van der Waals surface area (Å²) in [4.78, 5) is 0. The monoisotopic (exact) mass is 815 g/mol. The SMILES string of the molecule is Cc1cc(-c2ccccc2[OH+][C@@H](C)CC(C)Oc2ccccc2-c2cc(C)cc(-n3c4ccccc4c4ccccc43)c2O)c(O)c(-n2c3c(c4ccccc42)=CCC(C)C=3)c1. The topological polar surface area (TPSA) is 72.3 Å². The molecule has 2 heterocycles. The summed E-state index contributed by atoms with van der Waals surface area (Å²) in [6.45, 7) is 10.6. The average Bonchev–Trinajstić information content (AvgIpc) is 3.78. The quantitative estimate of drug-likeness (QED) is 0.135. The predicted octanol–water partition coefficient (Wildman–Crippen LogP) is 12.2. The van der Waals surface area contributed by atoms with Crippen LogP contribution in [0.1, 0.15) is 44.7 Å². The summed E-state index contributed by atoms with van der Waals surface area (Å²) in [5.74, 6) is 2.34. The number of rotatable bonds is 10. The van der Waals surface area contributed by atoms with Crippen molar-refractivity contribution in [3.8, 4) is 56.6 Å². The number of nitrogens with zero attached hydrogens (tertiary/aromatic N) is 2. The van der Waals surface area contributed by atoms with Gasteiger partial charge in [0.2, 0.25) is 0 Å². The molecule has 0 fully saturated rings. The number of aliphatic hydroxyl groups is 1. The van der Waals surface area contributed by atoms with Crippen LogP contribution in [0, 0.1) is 19.8 Å². The Balaban J connectivity index is 0.938. The smallest absolute Gasteiger partial charge is 0.262 e. The van der Waals surface area contributed by atoms with Crippen LogP contribution in [0.25, 0.3) is 78.5 Å². The number of hydrogen-bond acceptors (Lipinski definition) is 3. The van der Waals surface area contributed by atoms with E-state index in [1.807, 2.05) is 66.7 Å². The van der Waals surface area contributed by atoms with E-state index in [1.165, 1.54) is 10.6 Å². The van der Waals surface area contributed by atoms with Crippen LogP contribution in [-0.4, -0.2) is 36.3 Å². The van der Waals surface area contributed by atoms with Crippen molar-refractivity contribution < 1.29 is 19.7 Å². The molecule has 6 heteroatoms. The summed E-state index contributed by atoms with van der Waals surface area (Å²) >= 11 is 0. The molecule has 6 nitrogen and oxygen atoms in total. The van der Waals surface area contributed by atoms with Gasteiger partial charge in [-0.15, -0.1) is 0 Å². The predicted molar refractivity (Wildman–Crippen MR) is 256 cm³/mol. The Kier molecular flexibility index (Phi) is 9.87. The van der Waals surface area contributed by atoms with E-state index in [2.05, 4.69) is 135 Å². The summed E-state index contributed by atoms with van der Waals surface area (Å²) < 4.78 is 16.4. The zero-order valence-electron chi connectivity index (χ0n) is 35.8. The highest BCUT2D eigenvalue weighted by Crippen LogP contribution is 2.44. The lowest BCUT2D eigenvalue weighted by atomic mass is 9.99. The maximum absolute atomic E-state index is 12.2. The molecule has 62 heavy (non-hydrogen) atoms. The lowest BCUT2D eigenvalue weighted by Gasteiger charge is -2.22. The molecule has 0 spiro atoms. The number of fused-ring (bicyclic) bond motifs is 6. The maximum atomic E-state index is 12.2. The number of para-hydroxylation sites is 5. The third-order valence-corrected chi connectivity index (χ3v) is 12.4. The van der Waals surface area contributed by atoms with Crippen LogP contribution in [-0.2, 0) is 0 Å². The van der Waals surface area contributed by atoms with E-state index in [4.69, 9.17) is 9.47 Å². The Hall–Kier alpha value is -7.18. The lowest BCUT2D eigenvalue weighted by molar-refractivity contribution is -0.0234. The first-order valence-electron chi connectivity index (χ1n) is 21.7. The van der Waals surface area contributed by atoms with Gasteiger partial charge in [-0.05, 0) is 98.8 Å². The molecule has 9 aromatic rings. The van der Waals surface area contributed by atoms with Gasteiger partial charge in [0.05, 0.1) is 45.3 Å². The molecule has 3 N–H and O–H groups in total. The normalized spacial score (nSPS) is 14.6. The second kappa shape index (κ2) is 15.7. The minimum atomic E-state index is -0.201. The molecule has 0 saturated heterocycles. The minimum Gasteiger partial charge on any atom is -0.580 e. The van der Waals surface area contributed by atoms with E-state index in [-0.39, 0.29) is 23.7 Å². The third kappa shape index (κ3) is 6.76. The second-order valence-electron chi connectivity index (χ2n) is 17.1. The molecule has 1 aliphatic rings. The van der Waals surface area contributed by atoms with Gasteiger partial charge < -0.3 is 28.8 Å². The van der Waals surface area contributed by atoms with Crippen molar-refractivity contribution in [2.45, 2.75) is 59.7 Å². The summed E-state index contributed by atoms with van der Waals surface area (Å²) in [5.41, 5.74) is 9.90. The molecule has 7 aromatic carbocycles. The van der Waals surface area contributed by atoms with Crippen LogP contribution in [0.4, 0.5) is 0 Å². The summed E-state index contributed by atoms with van der Waals surface area (Å²) in [5, 5.41) is 30.2. The molecule has 0 bridgehead atoms. The Morgan fingerprint density at radius 1 is 0.613 bits per heavy atom. The zero-order valence-corrected chi connectivity index (χ0v) is 35.8. The fourth-order valence-corrected chi connectivity index (χ4v) is 9.66. The molecule has 0 radical (unpaired) electrons. The van der Waals surface area contributed by atoms with E-state index in [0.717, 1.165) is 84.0 Å². The van der Waals surface area contributed by atoms with Crippen LogP contribution >= 0.6 is 0 Å². The van der Waals surface area contributed by atoms with Crippen LogP contribution in [0.5, 0.6) is 23.0 Å². The molecule has 308 valence electrons. The highest BCUT2D eigenvalue weighted by molar-refractivity contribution is 6.09. The number of aryl methyl sites for hydroxylation is 2. The number of aromatic nitrogens is 2. The Morgan fingerprint density at radius 3 is 1.79 bits per heavy atom. The minimum absolute atomic E-state index is 0.106. The Bertz CT molecular complexity index is 3260. The van der Waals surface area contributed by atoms with Gasteiger partial charge in [-0.3, -0.25) is 0 Å². The standard InChI is InChI=1S/C56H50N2O4/c1-34-26-27-42-41-18-8-13-23-49(41)58(50(42)30-34)52-32-36(3)29-46(56(52)60)44-20-10-15-25-54(44)62-38(5)33-37(4)61-53-24-14-9-19-43(53)45-28-35(2)31-51(55(45)59)57-47-21-11-6-16-39(47)40-17-7-12-22-48(40)57/h6-25,27-32,34,37-38,59-60H,26,33H2,1-5H3/p+1/t34?,37?,38-/m0/s1. The molecule has 2 aromatic heterocycles. The second-order valence-corrected chi connectivity index (χ2v) is 17.1. The van der Waals surface area contributed by atoms with Gasteiger partial charge in [-0.2, -0.15) is 0 Å². The van der Waals surface area contributed by atoms with Gasteiger partial charge in [0.1, 0.15) is 23.4 Å². The molecule has 10 rings (SSSR count). The number of hydrogen-bond donors (Lipinski definition) is 2. The van der Waals surface area contributed by atoms with Crippen molar-refractivity contribution in [3.63, 3.8) is 0 Å². The molecule has 0 saturated carbocycles. The highest BCUT2D eigenvalue weighted by atomic mass is 16.5. The van der Waals surface area contributed by atoms with Crippen LogP contribution in [0.2, 0.25) is 0 Å². The summed E-state index contributed by atoms with van der Waals surface area (Å²) in [7, 11) is 0. The van der Waals surface area contributed by atoms with E-state index in [1.54, 1.807) is 0 Å². The van der Waals surface area contributed by atoms with Crippen molar-refractivity contribution in [1.29, 1.82) is 0 Å². The summed E-state index contributed by atoms with van der Waals surface area (Å²) in [6.07, 6.45) is 6.00. The first kappa shape index (κ1) is 39.0. The van der Waals surface area contributed by atoms with Crippen LogP contribution in [0.3, 0.4) is 0 Å². The Morgan fingerprint density at radius 2 is 1.13 bits per heavy atom. The van der Waals surface area contributed by atoms with Crippen molar-refractivity contribution >= 4 is 44.9 Å². The van der Waals surface area contributed by atoms with Gasteiger partial charge >= 0.3 is 0 Å².